The van der Waals surface area contributed by atoms with Gasteiger partial charge in [-0.3, -0.25) is 4.79 Å². The first kappa shape index (κ1) is 15.1. The van der Waals surface area contributed by atoms with Crippen LogP contribution in [0.2, 0.25) is 0 Å². The predicted octanol–water partition coefficient (Wildman–Crippen LogP) is 4.69. The van der Waals surface area contributed by atoms with E-state index in [-0.39, 0.29) is 5.56 Å². The van der Waals surface area contributed by atoms with Crippen molar-refractivity contribution in [2.24, 2.45) is 0 Å². The van der Waals surface area contributed by atoms with Crippen molar-refractivity contribution >= 4 is 17.2 Å². The molecule has 3 aromatic rings. The van der Waals surface area contributed by atoms with Crippen LogP contribution in [-0.2, 0) is 0 Å². The Hall–Kier alpha value is -2.83. The fourth-order valence-electron chi connectivity index (χ4n) is 2.44. The van der Waals surface area contributed by atoms with Crippen LogP contribution in [0.25, 0.3) is 22.0 Å². The summed E-state index contributed by atoms with van der Waals surface area (Å²) in [6, 6.07) is 7.53. The molecule has 0 bridgehead atoms. The first-order chi connectivity index (χ1) is 10.9. The van der Waals surface area contributed by atoms with Gasteiger partial charge in [0.05, 0.1) is 0 Å². The lowest BCUT2D eigenvalue weighted by Crippen LogP contribution is -2.17. The Morgan fingerprint density at radius 2 is 1.91 bits per heavy atom. The number of benzene rings is 2. The Morgan fingerprint density at radius 3 is 2.61 bits per heavy atom. The van der Waals surface area contributed by atoms with Crippen LogP contribution in [0.5, 0.6) is 5.75 Å². The summed E-state index contributed by atoms with van der Waals surface area (Å²) in [5.41, 5.74) is 1.27. The molecule has 7 heteroatoms. The molecule has 0 saturated heterocycles. The number of fused-ring (bicyclic) bond motifs is 1. The van der Waals surface area contributed by atoms with Crippen molar-refractivity contribution in [2.75, 3.05) is 0 Å². The standard InChI is InChI=1S/C16H9F4NO2/c17-11-5-13(15-10(8-22)7-21-14(15)6-11)9-2-1-3-12(4-9)23-16(18,19)20/h1-8,21H. The molecule has 0 aliphatic rings. The van der Waals surface area contributed by atoms with E-state index < -0.39 is 17.9 Å². The van der Waals surface area contributed by atoms with Crippen LogP contribution in [0.15, 0.2) is 42.6 Å². The van der Waals surface area contributed by atoms with E-state index in [0.717, 1.165) is 18.2 Å². The number of aromatic nitrogens is 1. The van der Waals surface area contributed by atoms with Gasteiger partial charge < -0.3 is 9.72 Å². The molecule has 0 atom stereocenters. The van der Waals surface area contributed by atoms with Crippen LogP contribution in [0.4, 0.5) is 17.6 Å². The first-order valence-corrected chi connectivity index (χ1v) is 6.49. The van der Waals surface area contributed by atoms with E-state index in [1.807, 2.05) is 0 Å². The summed E-state index contributed by atoms with van der Waals surface area (Å²) in [5.74, 6) is -0.996. The van der Waals surface area contributed by atoms with Crippen molar-refractivity contribution in [3.05, 3.63) is 54.0 Å². The fourth-order valence-corrected chi connectivity index (χ4v) is 2.44. The molecule has 0 unspecified atom stereocenters. The Labute approximate surface area is 127 Å². The van der Waals surface area contributed by atoms with Crippen molar-refractivity contribution in [3.63, 3.8) is 0 Å². The number of aldehydes is 1. The van der Waals surface area contributed by atoms with Crippen LogP contribution >= 0.6 is 0 Å². The molecule has 1 heterocycles. The molecule has 118 valence electrons. The number of aromatic amines is 1. The van der Waals surface area contributed by atoms with E-state index in [1.165, 1.54) is 24.4 Å². The molecule has 0 amide bonds. The maximum atomic E-state index is 13.7. The zero-order chi connectivity index (χ0) is 16.6. The van der Waals surface area contributed by atoms with E-state index in [1.54, 1.807) is 0 Å². The topological polar surface area (TPSA) is 42.1 Å². The summed E-state index contributed by atoms with van der Waals surface area (Å²) < 4.78 is 54.6. The summed E-state index contributed by atoms with van der Waals surface area (Å²) in [5, 5.41) is 0.436. The minimum Gasteiger partial charge on any atom is -0.406 e. The summed E-state index contributed by atoms with van der Waals surface area (Å²) in [7, 11) is 0. The third-order valence-electron chi connectivity index (χ3n) is 3.28. The molecule has 3 nitrogen and oxygen atoms in total. The second-order valence-electron chi connectivity index (χ2n) is 4.81. The van der Waals surface area contributed by atoms with Crippen molar-refractivity contribution < 1.29 is 27.1 Å². The number of carbonyl (C=O) groups is 1. The second-order valence-corrected chi connectivity index (χ2v) is 4.81. The third-order valence-corrected chi connectivity index (χ3v) is 3.28. The molecular formula is C16H9F4NO2. The normalized spacial score (nSPS) is 11.7. The highest BCUT2D eigenvalue weighted by Crippen LogP contribution is 2.34. The van der Waals surface area contributed by atoms with Crippen LogP contribution in [0, 0.1) is 5.82 Å². The average Bonchev–Trinajstić information content (AvgIpc) is 2.87. The van der Waals surface area contributed by atoms with Gasteiger partial charge in [0.2, 0.25) is 0 Å². The highest BCUT2D eigenvalue weighted by molar-refractivity contribution is 6.05. The van der Waals surface area contributed by atoms with Gasteiger partial charge in [-0.25, -0.2) is 4.39 Å². The van der Waals surface area contributed by atoms with Gasteiger partial charge in [0.25, 0.3) is 0 Å². The number of rotatable bonds is 3. The largest absolute Gasteiger partial charge is 0.573 e. The number of alkyl halides is 3. The van der Waals surface area contributed by atoms with Gasteiger partial charge in [-0.15, -0.1) is 13.2 Å². The number of hydrogen-bond donors (Lipinski definition) is 1. The van der Waals surface area contributed by atoms with Crippen LogP contribution in [0.1, 0.15) is 10.4 Å². The van der Waals surface area contributed by atoms with Crippen molar-refractivity contribution in [3.8, 4) is 16.9 Å². The number of carbonyl (C=O) groups excluding carboxylic acids is 1. The molecule has 0 saturated carbocycles. The average molecular weight is 323 g/mol. The van der Waals surface area contributed by atoms with Crippen LogP contribution < -0.4 is 4.74 Å². The minimum absolute atomic E-state index is 0.289. The number of hydrogen-bond acceptors (Lipinski definition) is 2. The van der Waals surface area contributed by atoms with Crippen molar-refractivity contribution in [1.29, 1.82) is 0 Å². The van der Waals surface area contributed by atoms with Crippen molar-refractivity contribution in [1.82, 2.24) is 4.98 Å². The van der Waals surface area contributed by atoms with Gasteiger partial charge in [-0.2, -0.15) is 0 Å². The lowest BCUT2D eigenvalue weighted by Gasteiger charge is -2.11. The monoisotopic (exact) mass is 323 g/mol. The van der Waals surface area contributed by atoms with Gasteiger partial charge in [-0.05, 0) is 35.4 Å². The molecule has 1 N–H and O–H groups in total. The molecule has 0 spiro atoms. The van der Waals surface area contributed by atoms with E-state index in [4.69, 9.17) is 0 Å². The molecule has 1 aromatic heterocycles. The SMILES string of the molecule is O=Cc1c[nH]c2cc(F)cc(-c3cccc(OC(F)(F)F)c3)c12. The molecular weight excluding hydrogens is 314 g/mol. The highest BCUT2D eigenvalue weighted by Gasteiger charge is 2.31. The maximum absolute atomic E-state index is 13.7. The van der Waals surface area contributed by atoms with E-state index in [2.05, 4.69) is 9.72 Å². The highest BCUT2D eigenvalue weighted by atomic mass is 19.4. The molecule has 3 rings (SSSR count). The first-order valence-electron chi connectivity index (χ1n) is 6.49. The Balaban J connectivity index is 2.18. The number of H-pyrrole nitrogens is 1. The van der Waals surface area contributed by atoms with E-state index in [9.17, 15) is 22.4 Å². The third kappa shape index (κ3) is 3.03. The van der Waals surface area contributed by atoms with Crippen molar-refractivity contribution in [2.45, 2.75) is 6.36 Å². The number of ether oxygens (including phenoxy) is 1. The second kappa shape index (κ2) is 5.42. The summed E-state index contributed by atoms with van der Waals surface area (Å²) in [6.07, 6.45) is -2.81. The summed E-state index contributed by atoms with van der Waals surface area (Å²) in [6.45, 7) is 0. The lowest BCUT2D eigenvalue weighted by molar-refractivity contribution is -0.274. The zero-order valence-corrected chi connectivity index (χ0v) is 11.4. The molecule has 23 heavy (non-hydrogen) atoms. The fraction of sp³-hybridized carbons (Fsp3) is 0.0625. The van der Waals surface area contributed by atoms with Crippen LogP contribution in [0.3, 0.4) is 0 Å². The lowest BCUT2D eigenvalue weighted by atomic mass is 9.99. The van der Waals surface area contributed by atoms with Gasteiger partial charge in [0.15, 0.2) is 6.29 Å². The van der Waals surface area contributed by atoms with Gasteiger partial charge in [0, 0.05) is 22.7 Å². The van der Waals surface area contributed by atoms with Crippen LogP contribution in [-0.4, -0.2) is 17.6 Å². The quantitative estimate of drug-likeness (QED) is 0.561. The van der Waals surface area contributed by atoms with Gasteiger partial charge in [-0.1, -0.05) is 12.1 Å². The molecule has 2 aromatic carbocycles. The number of nitrogens with one attached hydrogen (secondary N) is 1. The molecule has 0 aliphatic carbocycles. The zero-order valence-electron chi connectivity index (χ0n) is 11.4. The Morgan fingerprint density at radius 1 is 1.13 bits per heavy atom. The molecule has 0 fully saturated rings. The Kier molecular flexibility index (Phi) is 3.55. The van der Waals surface area contributed by atoms with E-state index in [0.29, 0.717) is 28.3 Å². The predicted molar refractivity (Wildman–Crippen MR) is 75.8 cm³/mol. The summed E-state index contributed by atoms with van der Waals surface area (Å²) >= 11 is 0. The molecule has 0 radical (unpaired) electrons. The smallest absolute Gasteiger partial charge is 0.406 e. The number of halogens is 4. The Bertz CT molecular complexity index is 883. The van der Waals surface area contributed by atoms with Gasteiger partial charge >= 0.3 is 6.36 Å². The molecule has 0 aliphatic heterocycles. The van der Waals surface area contributed by atoms with E-state index >= 15 is 0 Å². The summed E-state index contributed by atoms with van der Waals surface area (Å²) in [4.78, 5) is 13.9. The maximum Gasteiger partial charge on any atom is 0.573 e. The van der Waals surface area contributed by atoms with Gasteiger partial charge in [0.1, 0.15) is 11.6 Å². The minimum atomic E-state index is -4.82.